The molecule has 116 valence electrons. The lowest BCUT2D eigenvalue weighted by Crippen LogP contribution is -2.41. The van der Waals surface area contributed by atoms with Crippen LogP contribution in [0.25, 0.3) is 11.2 Å². The number of rotatable bonds is 2. The van der Waals surface area contributed by atoms with E-state index in [2.05, 4.69) is 19.4 Å². The molecule has 1 saturated heterocycles. The lowest BCUT2D eigenvalue weighted by Gasteiger charge is -2.34. The van der Waals surface area contributed by atoms with Crippen molar-refractivity contribution >= 4 is 17.1 Å². The number of fused-ring (bicyclic) bond motifs is 1. The molecular formula is C17H22N4O. The van der Waals surface area contributed by atoms with E-state index in [0.29, 0.717) is 17.9 Å². The summed E-state index contributed by atoms with van der Waals surface area (Å²) in [6.07, 6.45) is 10.3. The highest BCUT2D eigenvalue weighted by molar-refractivity contribution is 5.79. The van der Waals surface area contributed by atoms with Crippen molar-refractivity contribution in [3.8, 4) is 0 Å². The number of likely N-dealkylation sites (tertiary alicyclic amines) is 1. The number of amides is 1. The van der Waals surface area contributed by atoms with E-state index >= 15 is 0 Å². The molecule has 2 aliphatic rings. The number of hydrogen-bond acceptors (Lipinski definition) is 3. The first-order valence-electron chi connectivity index (χ1n) is 8.39. The summed E-state index contributed by atoms with van der Waals surface area (Å²) in [5, 5.41) is 0. The van der Waals surface area contributed by atoms with Crippen molar-refractivity contribution in [3.63, 3.8) is 0 Å². The summed E-state index contributed by atoms with van der Waals surface area (Å²) in [6, 6.07) is 4.33. The molecule has 4 rings (SSSR count). The maximum Gasteiger partial charge on any atom is 0.225 e. The smallest absolute Gasteiger partial charge is 0.225 e. The highest BCUT2D eigenvalue weighted by Crippen LogP contribution is 2.30. The fraction of sp³-hybridized carbons (Fsp3) is 0.588. The van der Waals surface area contributed by atoms with Crippen LogP contribution in [-0.4, -0.2) is 38.4 Å². The van der Waals surface area contributed by atoms with E-state index in [1.54, 1.807) is 0 Å². The van der Waals surface area contributed by atoms with Crippen LogP contribution >= 0.6 is 0 Å². The van der Waals surface area contributed by atoms with Crippen molar-refractivity contribution in [2.24, 2.45) is 5.92 Å². The maximum atomic E-state index is 12.5. The van der Waals surface area contributed by atoms with Crippen molar-refractivity contribution in [3.05, 3.63) is 24.7 Å². The van der Waals surface area contributed by atoms with Crippen LogP contribution in [0.2, 0.25) is 0 Å². The van der Waals surface area contributed by atoms with E-state index in [9.17, 15) is 4.79 Å². The minimum Gasteiger partial charge on any atom is -0.342 e. The van der Waals surface area contributed by atoms with Crippen LogP contribution in [-0.2, 0) is 4.79 Å². The van der Waals surface area contributed by atoms with E-state index < -0.39 is 0 Å². The van der Waals surface area contributed by atoms with E-state index in [-0.39, 0.29) is 0 Å². The largest absolute Gasteiger partial charge is 0.342 e. The van der Waals surface area contributed by atoms with E-state index in [1.807, 2.05) is 24.7 Å². The molecule has 5 nitrogen and oxygen atoms in total. The van der Waals surface area contributed by atoms with E-state index in [0.717, 1.165) is 49.9 Å². The van der Waals surface area contributed by atoms with E-state index in [4.69, 9.17) is 0 Å². The Labute approximate surface area is 130 Å². The fourth-order valence-electron chi connectivity index (χ4n) is 3.93. The van der Waals surface area contributed by atoms with E-state index in [1.165, 1.54) is 12.8 Å². The summed E-state index contributed by atoms with van der Waals surface area (Å²) in [4.78, 5) is 23.5. The SMILES string of the molecule is O=C(C1CCCC1)N1CCC(n2cnc3cccnc32)CC1. The van der Waals surface area contributed by atoms with Crippen molar-refractivity contribution < 1.29 is 4.79 Å². The molecule has 2 aromatic rings. The fourth-order valence-corrected chi connectivity index (χ4v) is 3.93. The van der Waals surface area contributed by atoms with Gasteiger partial charge in [-0.3, -0.25) is 4.79 Å². The van der Waals surface area contributed by atoms with Gasteiger partial charge in [0.25, 0.3) is 0 Å². The number of nitrogens with zero attached hydrogens (tertiary/aromatic N) is 4. The molecule has 2 aromatic heterocycles. The molecule has 5 heteroatoms. The maximum absolute atomic E-state index is 12.5. The number of piperidine rings is 1. The summed E-state index contributed by atoms with van der Waals surface area (Å²) in [6.45, 7) is 1.74. The van der Waals surface area contributed by atoms with Crippen molar-refractivity contribution in [1.82, 2.24) is 19.4 Å². The number of imidazole rings is 1. The van der Waals surface area contributed by atoms with Gasteiger partial charge in [0, 0.05) is 31.2 Å². The summed E-state index contributed by atoms with van der Waals surface area (Å²) in [5.74, 6) is 0.692. The molecule has 1 aliphatic carbocycles. The van der Waals surface area contributed by atoms with Crippen LogP contribution in [0.3, 0.4) is 0 Å². The highest BCUT2D eigenvalue weighted by atomic mass is 16.2. The molecule has 3 heterocycles. The van der Waals surface area contributed by atoms with Gasteiger partial charge in [-0.2, -0.15) is 0 Å². The number of aromatic nitrogens is 3. The van der Waals surface area contributed by atoms with Gasteiger partial charge < -0.3 is 9.47 Å². The van der Waals surface area contributed by atoms with Crippen LogP contribution < -0.4 is 0 Å². The topological polar surface area (TPSA) is 51.0 Å². The number of carbonyl (C=O) groups excluding carboxylic acids is 1. The molecule has 2 fully saturated rings. The zero-order chi connectivity index (χ0) is 14.9. The molecule has 0 N–H and O–H groups in total. The molecule has 0 unspecified atom stereocenters. The summed E-state index contributed by atoms with van der Waals surface area (Å²) >= 11 is 0. The Morgan fingerprint density at radius 3 is 2.64 bits per heavy atom. The Hall–Kier alpha value is -1.91. The molecule has 1 aliphatic heterocycles. The number of pyridine rings is 1. The van der Waals surface area contributed by atoms with Crippen LogP contribution in [0.5, 0.6) is 0 Å². The molecular weight excluding hydrogens is 276 g/mol. The standard InChI is InChI=1S/C17H22N4O/c22-17(13-4-1-2-5-13)20-10-7-14(8-11-20)21-12-19-15-6-3-9-18-16(15)21/h3,6,9,12-14H,1-2,4-5,7-8,10-11H2. The minimum absolute atomic E-state index is 0.298. The quantitative estimate of drug-likeness (QED) is 0.856. The van der Waals surface area contributed by atoms with Crippen LogP contribution in [0.4, 0.5) is 0 Å². The van der Waals surface area contributed by atoms with Gasteiger partial charge in [0.05, 0.1) is 6.33 Å². The third-order valence-corrected chi connectivity index (χ3v) is 5.21. The van der Waals surface area contributed by atoms with Crippen molar-refractivity contribution in [1.29, 1.82) is 0 Å². The first-order valence-corrected chi connectivity index (χ1v) is 8.39. The second-order valence-corrected chi connectivity index (χ2v) is 6.54. The van der Waals surface area contributed by atoms with Crippen LogP contribution in [0, 0.1) is 5.92 Å². The van der Waals surface area contributed by atoms with Crippen molar-refractivity contribution in [2.45, 2.75) is 44.6 Å². The first-order chi connectivity index (χ1) is 10.8. The monoisotopic (exact) mass is 298 g/mol. The Kier molecular flexibility index (Phi) is 3.56. The zero-order valence-electron chi connectivity index (χ0n) is 12.8. The predicted octanol–water partition coefficient (Wildman–Crippen LogP) is 2.79. The van der Waals surface area contributed by atoms with Gasteiger partial charge in [-0.15, -0.1) is 0 Å². The highest BCUT2D eigenvalue weighted by Gasteiger charge is 2.30. The minimum atomic E-state index is 0.298. The second kappa shape index (κ2) is 5.71. The predicted molar refractivity (Wildman–Crippen MR) is 84.3 cm³/mol. The Bertz CT molecular complexity index is 666. The van der Waals surface area contributed by atoms with Gasteiger partial charge >= 0.3 is 0 Å². The van der Waals surface area contributed by atoms with Gasteiger partial charge in [-0.25, -0.2) is 9.97 Å². The van der Waals surface area contributed by atoms with Gasteiger partial charge in [-0.05, 0) is 37.8 Å². The Morgan fingerprint density at radius 2 is 1.86 bits per heavy atom. The third-order valence-electron chi connectivity index (χ3n) is 5.21. The summed E-state index contributed by atoms with van der Waals surface area (Å²) < 4.78 is 2.19. The normalized spacial score (nSPS) is 20.8. The third kappa shape index (κ3) is 2.38. The Morgan fingerprint density at radius 1 is 1.09 bits per heavy atom. The molecule has 0 aromatic carbocycles. The van der Waals surface area contributed by atoms with Gasteiger partial charge in [0.15, 0.2) is 5.65 Å². The Balaban J connectivity index is 1.44. The molecule has 0 spiro atoms. The van der Waals surface area contributed by atoms with Crippen LogP contribution in [0.1, 0.15) is 44.6 Å². The zero-order valence-corrected chi connectivity index (χ0v) is 12.8. The summed E-state index contributed by atoms with van der Waals surface area (Å²) in [7, 11) is 0. The second-order valence-electron chi connectivity index (χ2n) is 6.54. The summed E-state index contributed by atoms with van der Waals surface area (Å²) in [5.41, 5.74) is 1.91. The molecule has 1 saturated carbocycles. The van der Waals surface area contributed by atoms with Crippen molar-refractivity contribution in [2.75, 3.05) is 13.1 Å². The number of carbonyl (C=O) groups is 1. The average molecular weight is 298 g/mol. The van der Waals surface area contributed by atoms with Gasteiger partial charge in [-0.1, -0.05) is 12.8 Å². The molecule has 0 bridgehead atoms. The lowest BCUT2D eigenvalue weighted by molar-refractivity contribution is -0.136. The van der Waals surface area contributed by atoms with Crippen LogP contribution in [0.15, 0.2) is 24.7 Å². The molecule has 22 heavy (non-hydrogen) atoms. The molecule has 0 atom stereocenters. The molecule has 1 amide bonds. The molecule has 0 radical (unpaired) electrons. The lowest BCUT2D eigenvalue weighted by atomic mass is 10.0. The number of hydrogen-bond donors (Lipinski definition) is 0. The first kappa shape index (κ1) is 13.7. The average Bonchev–Trinajstić information content (AvgIpc) is 3.24. The van der Waals surface area contributed by atoms with Gasteiger partial charge in [0.1, 0.15) is 5.52 Å². The van der Waals surface area contributed by atoms with Gasteiger partial charge in [0.2, 0.25) is 5.91 Å².